The van der Waals surface area contributed by atoms with Crippen LogP contribution in [0.5, 0.6) is 5.75 Å². The Balaban J connectivity index is 1.36. The summed E-state index contributed by atoms with van der Waals surface area (Å²) in [5.41, 5.74) is 1.79. The predicted octanol–water partition coefficient (Wildman–Crippen LogP) is 6.35. The third-order valence-electron chi connectivity index (χ3n) is 6.69. The van der Waals surface area contributed by atoms with Gasteiger partial charge in [0.2, 0.25) is 0 Å². The zero-order valence-electron chi connectivity index (χ0n) is 19.2. The van der Waals surface area contributed by atoms with Crippen molar-refractivity contribution >= 4 is 24.3 Å². The normalized spacial score (nSPS) is 22.8. The Morgan fingerprint density at radius 3 is 2.29 bits per heavy atom. The van der Waals surface area contributed by atoms with Gasteiger partial charge in [0.15, 0.2) is 0 Å². The molecule has 0 radical (unpaired) electrons. The summed E-state index contributed by atoms with van der Waals surface area (Å²) in [6.45, 7) is -0.0243. The molecule has 4 atom stereocenters. The molecule has 3 aromatic carbocycles. The van der Waals surface area contributed by atoms with Gasteiger partial charge in [-0.15, -0.1) is 0 Å². The molecule has 178 valence electrons. The van der Waals surface area contributed by atoms with Crippen molar-refractivity contribution in [2.45, 2.75) is 50.3 Å². The van der Waals surface area contributed by atoms with E-state index < -0.39 is 7.82 Å². The molecule has 35 heavy (non-hydrogen) atoms. The van der Waals surface area contributed by atoms with E-state index in [9.17, 15) is 9.83 Å². The number of nitrogens with zero attached hydrogens (tertiary/aromatic N) is 3. The molecule has 2 saturated heterocycles. The number of fused-ring (bicyclic) bond motifs is 3. The third-order valence-corrected chi connectivity index (χ3v) is 8.18. The van der Waals surface area contributed by atoms with E-state index in [4.69, 9.17) is 18.8 Å². The lowest BCUT2D eigenvalue weighted by Gasteiger charge is -2.41. The van der Waals surface area contributed by atoms with Gasteiger partial charge >= 0.3 is 7.82 Å². The highest BCUT2D eigenvalue weighted by atomic mass is 31.2. The number of piperidine rings is 1. The van der Waals surface area contributed by atoms with Crippen molar-refractivity contribution in [1.82, 2.24) is 0 Å². The fourth-order valence-corrected chi connectivity index (χ4v) is 6.68. The van der Waals surface area contributed by atoms with Crippen LogP contribution in [0.3, 0.4) is 0 Å². The highest BCUT2D eigenvalue weighted by molar-refractivity contribution is 7.49. The molecule has 2 aliphatic heterocycles. The summed E-state index contributed by atoms with van der Waals surface area (Å²) < 4.78 is 30.8. The summed E-state index contributed by atoms with van der Waals surface area (Å²) in [6.07, 6.45) is 3.21. The molecule has 2 bridgehead atoms. The Hall–Kier alpha value is -3.35. The van der Waals surface area contributed by atoms with Crippen molar-refractivity contribution in [2.24, 2.45) is 0 Å². The first-order valence-electron chi connectivity index (χ1n) is 11.8. The summed E-state index contributed by atoms with van der Waals surface area (Å²) in [4.78, 5) is 2.45. The number of benzene rings is 3. The molecule has 0 saturated carbocycles. The maximum absolute atomic E-state index is 13.5. The Bertz CT molecular complexity index is 1320. The molecule has 0 N–H and O–H groups in total. The quantitative estimate of drug-likeness (QED) is 0.270. The first kappa shape index (κ1) is 23.4. The summed E-state index contributed by atoms with van der Waals surface area (Å²) in [7, 11) is -3.91. The fourth-order valence-electron chi connectivity index (χ4n) is 5.29. The lowest BCUT2D eigenvalue weighted by molar-refractivity contribution is 0.0858. The predicted molar refractivity (Wildman–Crippen MR) is 133 cm³/mol. The van der Waals surface area contributed by atoms with E-state index in [0.29, 0.717) is 24.2 Å². The molecule has 0 aromatic heterocycles. The maximum atomic E-state index is 13.5. The van der Waals surface area contributed by atoms with Gasteiger partial charge in [0.1, 0.15) is 5.75 Å². The zero-order chi connectivity index (χ0) is 24.3. The van der Waals surface area contributed by atoms with Crippen molar-refractivity contribution in [3.63, 3.8) is 0 Å². The topological polar surface area (TPSA) is 95.6 Å². The minimum atomic E-state index is -3.91. The number of nitriles is 2. The number of rotatable bonds is 8. The van der Waals surface area contributed by atoms with Crippen LogP contribution in [0.4, 0.5) is 5.69 Å². The fraction of sp³-hybridized carbons (Fsp3) is 0.333. The first-order chi connectivity index (χ1) is 17.1. The van der Waals surface area contributed by atoms with E-state index in [1.807, 2.05) is 42.5 Å². The summed E-state index contributed by atoms with van der Waals surface area (Å²) in [5.74, 6) is 0.400. The highest BCUT2D eigenvalue weighted by Crippen LogP contribution is 2.54. The molecular weight excluding hydrogens is 461 g/mol. The summed E-state index contributed by atoms with van der Waals surface area (Å²) in [6, 6.07) is 25.5. The number of hydrogen-bond donors (Lipinski definition) is 0. The second kappa shape index (κ2) is 10.1. The van der Waals surface area contributed by atoms with Gasteiger partial charge in [0, 0.05) is 28.5 Å². The third kappa shape index (κ3) is 4.90. The summed E-state index contributed by atoms with van der Waals surface area (Å²) >= 11 is 0. The second-order valence-electron chi connectivity index (χ2n) is 8.87. The average Bonchev–Trinajstić information content (AvgIpc) is 3.13. The van der Waals surface area contributed by atoms with E-state index in [1.54, 1.807) is 24.3 Å². The number of anilines is 1. The Morgan fingerprint density at radius 1 is 0.914 bits per heavy atom. The van der Waals surface area contributed by atoms with Gasteiger partial charge < -0.3 is 9.42 Å². The van der Waals surface area contributed by atoms with E-state index in [-0.39, 0.29) is 31.2 Å². The number of hydrogen-bond acceptors (Lipinski definition) is 7. The lowest BCUT2D eigenvalue weighted by Crippen LogP contribution is -2.45. The molecule has 2 heterocycles. The van der Waals surface area contributed by atoms with Gasteiger partial charge in [-0.3, -0.25) is 9.05 Å². The van der Waals surface area contributed by atoms with Crippen LogP contribution < -0.4 is 9.42 Å². The first-order valence-corrected chi connectivity index (χ1v) is 13.3. The smallest absolute Gasteiger partial charge is 0.404 e. The Kier molecular flexibility index (Phi) is 6.75. The van der Waals surface area contributed by atoms with Crippen LogP contribution in [-0.2, 0) is 13.6 Å². The van der Waals surface area contributed by atoms with Crippen molar-refractivity contribution in [2.75, 3.05) is 11.5 Å². The average molecular weight is 487 g/mol. The molecule has 2 fully saturated rings. The second-order valence-corrected chi connectivity index (χ2v) is 10.4. The van der Waals surface area contributed by atoms with Gasteiger partial charge in [0.25, 0.3) is 0 Å². The minimum absolute atomic E-state index is 0.0243. The van der Waals surface area contributed by atoms with Crippen molar-refractivity contribution in [3.8, 4) is 17.9 Å². The Morgan fingerprint density at radius 2 is 1.60 bits per heavy atom. The van der Waals surface area contributed by atoms with Crippen LogP contribution >= 0.6 is 7.82 Å². The molecule has 7 nitrogen and oxygen atoms in total. The molecule has 0 amide bonds. The van der Waals surface area contributed by atoms with E-state index >= 15 is 0 Å². The van der Waals surface area contributed by atoms with Gasteiger partial charge in [-0.05, 0) is 49.9 Å². The van der Waals surface area contributed by atoms with Crippen LogP contribution in [0.15, 0.2) is 66.7 Å². The van der Waals surface area contributed by atoms with Gasteiger partial charge in [-0.25, -0.2) is 4.57 Å². The standard InChI is InChI=1S/C27H26N3O4P/c28-15-6-16-32-35(31,33-23-7-2-1-3-8-23)34-24-17-21-12-13-22(18-24)30(21)27-14-11-20(19-29)25-9-4-5-10-26(25)27/h1-5,7-11,14,21-22,24H,6,12-13,16-18H2/t21-,22+,24+,35?. The highest BCUT2D eigenvalue weighted by Gasteiger charge is 2.45. The molecule has 0 spiro atoms. The minimum Gasteiger partial charge on any atom is -0.404 e. The molecular formula is C27H26N3O4P. The zero-order valence-corrected chi connectivity index (χ0v) is 20.1. The van der Waals surface area contributed by atoms with Gasteiger partial charge in [0.05, 0.1) is 36.8 Å². The van der Waals surface area contributed by atoms with Gasteiger partial charge in [-0.1, -0.05) is 42.5 Å². The van der Waals surface area contributed by atoms with E-state index in [0.717, 1.165) is 29.3 Å². The molecule has 3 aromatic rings. The van der Waals surface area contributed by atoms with Crippen molar-refractivity contribution < 1.29 is 18.1 Å². The van der Waals surface area contributed by atoms with Crippen molar-refractivity contribution in [1.29, 1.82) is 10.5 Å². The SMILES string of the molecule is N#CCCOP(=O)(Oc1ccccc1)O[C@H]1C[C@H]2CC[C@@H](C1)N2c1ccc(C#N)c2ccccc12. The number of phosphoric ester groups is 1. The Labute approximate surface area is 205 Å². The maximum Gasteiger partial charge on any atom is 0.530 e. The lowest BCUT2D eigenvalue weighted by atomic mass is 9.96. The monoisotopic (exact) mass is 487 g/mol. The molecule has 2 aliphatic rings. The number of phosphoric acid groups is 1. The summed E-state index contributed by atoms with van der Waals surface area (Å²) in [5, 5.41) is 20.4. The molecule has 8 heteroatoms. The largest absolute Gasteiger partial charge is 0.530 e. The van der Waals surface area contributed by atoms with E-state index in [2.05, 4.69) is 17.0 Å². The van der Waals surface area contributed by atoms with E-state index in [1.165, 1.54) is 0 Å². The number of para-hydroxylation sites is 1. The molecule has 1 unspecified atom stereocenters. The van der Waals surface area contributed by atoms with Crippen LogP contribution in [-0.4, -0.2) is 24.8 Å². The van der Waals surface area contributed by atoms with Crippen LogP contribution in [0.2, 0.25) is 0 Å². The van der Waals surface area contributed by atoms with Crippen LogP contribution in [0, 0.1) is 22.7 Å². The molecule has 5 rings (SSSR count). The van der Waals surface area contributed by atoms with Crippen LogP contribution in [0.25, 0.3) is 10.8 Å². The van der Waals surface area contributed by atoms with Crippen LogP contribution in [0.1, 0.15) is 37.7 Å². The van der Waals surface area contributed by atoms with Gasteiger partial charge in [-0.2, -0.15) is 10.5 Å². The van der Waals surface area contributed by atoms with Crippen molar-refractivity contribution in [3.05, 3.63) is 72.3 Å². The molecule has 0 aliphatic carbocycles.